The van der Waals surface area contributed by atoms with Gasteiger partial charge in [-0.1, -0.05) is 49.4 Å². The molecule has 0 bridgehead atoms. The van der Waals surface area contributed by atoms with Crippen molar-refractivity contribution in [1.29, 1.82) is 0 Å². The van der Waals surface area contributed by atoms with E-state index in [0.29, 0.717) is 12.6 Å². The van der Waals surface area contributed by atoms with Crippen molar-refractivity contribution >= 4 is 5.97 Å². The van der Waals surface area contributed by atoms with E-state index < -0.39 is 12.1 Å². The molecule has 2 N–H and O–H groups in total. The summed E-state index contributed by atoms with van der Waals surface area (Å²) >= 11 is 0. The van der Waals surface area contributed by atoms with Crippen LogP contribution in [0.15, 0.2) is 54.6 Å². The third-order valence-electron chi connectivity index (χ3n) is 4.43. The van der Waals surface area contributed by atoms with Gasteiger partial charge < -0.3 is 15.2 Å². The topological polar surface area (TPSA) is 58.6 Å². The molecule has 0 spiro atoms. The molecule has 2 unspecified atom stereocenters. The van der Waals surface area contributed by atoms with E-state index in [1.807, 2.05) is 18.2 Å². The molecule has 1 heterocycles. The monoisotopic (exact) mass is 395 g/mol. The molecule has 1 aliphatic rings. The van der Waals surface area contributed by atoms with Crippen LogP contribution in [0.4, 0.5) is 13.2 Å². The molecule has 0 amide bonds. The molecule has 1 aliphatic heterocycles. The third-order valence-corrected chi connectivity index (χ3v) is 4.43. The Morgan fingerprint density at radius 1 is 1.11 bits per heavy atom. The van der Waals surface area contributed by atoms with Crippen molar-refractivity contribution in [2.24, 2.45) is 5.92 Å². The van der Waals surface area contributed by atoms with Crippen molar-refractivity contribution in [2.45, 2.75) is 38.6 Å². The molecule has 2 aromatic carbocycles. The number of carboxylic acid groups (broad SMARTS) is 1. The van der Waals surface area contributed by atoms with Crippen molar-refractivity contribution in [1.82, 2.24) is 5.32 Å². The zero-order valence-corrected chi connectivity index (χ0v) is 15.6. The van der Waals surface area contributed by atoms with Gasteiger partial charge in [0.2, 0.25) is 0 Å². The summed E-state index contributed by atoms with van der Waals surface area (Å²) in [7, 11) is 0. The first-order chi connectivity index (χ1) is 13.3. The van der Waals surface area contributed by atoms with E-state index in [4.69, 9.17) is 14.6 Å². The van der Waals surface area contributed by atoms with E-state index in [0.717, 1.165) is 18.2 Å². The van der Waals surface area contributed by atoms with Crippen molar-refractivity contribution in [3.63, 3.8) is 0 Å². The minimum atomic E-state index is -5.08. The molecule has 0 radical (unpaired) electrons. The van der Waals surface area contributed by atoms with Gasteiger partial charge in [-0.05, 0) is 48.6 Å². The summed E-state index contributed by atoms with van der Waals surface area (Å²) in [6.45, 7) is 4.06. The van der Waals surface area contributed by atoms with Crippen LogP contribution in [0.5, 0.6) is 5.75 Å². The van der Waals surface area contributed by atoms with Gasteiger partial charge in [0, 0.05) is 6.04 Å². The van der Waals surface area contributed by atoms with Crippen molar-refractivity contribution in [3.05, 3.63) is 65.7 Å². The number of halogens is 3. The molecule has 2 atom stereocenters. The van der Waals surface area contributed by atoms with E-state index in [-0.39, 0.29) is 0 Å². The molecule has 1 saturated heterocycles. The second-order valence-electron chi connectivity index (χ2n) is 6.79. The highest BCUT2D eigenvalue weighted by atomic mass is 19.4. The van der Waals surface area contributed by atoms with Gasteiger partial charge >= 0.3 is 12.1 Å². The number of ether oxygens (including phenoxy) is 1. The fourth-order valence-corrected chi connectivity index (χ4v) is 2.82. The maximum atomic E-state index is 10.6. The van der Waals surface area contributed by atoms with Gasteiger partial charge in [-0.15, -0.1) is 0 Å². The average Bonchev–Trinajstić information content (AvgIpc) is 2.68. The maximum Gasteiger partial charge on any atom is 0.490 e. The standard InChI is InChI=1S/C19H23NO.C2HF3O2/c1-15-7-12-19(20-13-15)17-8-10-18(11-9-17)21-14-16-5-3-2-4-6-16;3-2(4,5)1(6)7/h2-6,8-11,15,19-20H,7,12-14H2,1H3;(H,6,7). The Labute approximate surface area is 162 Å². The fourth-order valence-electron chi connectivity index (χ4n) is 2.82. The van der Waals surface area contributed by atoms with Gasteiger partial charge in [0.05, 0.1) is 0 Å². The molecule has 2 aromatic rings. The summed E-state index contributed by atoms with van der Waals surface area (Å²) in [4.78, 5) is 8.90. The summed E-state index contributed by atoms with van der Waals surface area (Å²) in [5, 5.41) is 10.7. The number of rotatable bonds is 4. The Balaban J connectivity index is 0.000000345. The van der Waals surface area contributed by atoms with Crippen molar-refractivity contribution in [3.8, 4) is 5.75 Å². The van der Waals surface area contributed by atoms with Crippen molar-refractivity contribution < 1.29 is 27.8 Å². The minimum Gasteiger partial charge on any atom is -0.489 e. The van der Waals surface area contributed by atoms with Gasteiger partial charge in [-0.3, -0.25) is 0 Å². The van der Waals surface area contributed by atoms with Crippen molar-refractivity contribution in [2.75, 3.05) is 6.54 Å². The van der Waals surface area contributed by atoms with Gasteiger partial charge in [0.15, 0.2) is 0 Å². The lowest BCUT2D eigenvalue weighted by molar-refractivity contribution is -0.192. The van der Waals surface area contributed by atoms with E-state index in [9.17, 15) is 13.2 Å². The number of aliphatic carboxylic acids is 1. The van der Waals surface area contributed by atoms with Crippen LogP contribution < -0.4 is 10.1 Å². The predicted octanol–water partition coefficient (Wildman–Crippen LogP) is 4.96. The summed E-state index contributed by atoms with van der Waals surface area (Å²) in [5.74, 6) is -1.02. The molecule has 28 heavy (non-hydrogen) atoms. The lowest BCUT2D eigenvalue weighted by Gasteiger charge is -2.28. The number of piperidine rings is 1. The summed E-state index contributed by atoms with van der Waals surface area (Å²) in [5.41, 5.74) is 2.57. The zero-order valence-electron chi connectivity index (χ0n) is 15.6. The van der Waals surface area contributed by atoms with Gasteiger partial charge in [-0.2, -0.15) is 13.2 Å². The number of carboxylic acids is 1. The highest BCUT2D eigenvalue weighted by Crippen LogP contribution is 2.27. The highest BCUT2D eigenvalue weighted by Gasteiger charge is 2.38. The van der Waals surface area contributed by atoms with Gasteiger partial charge in [0.1, 0.15) is 12.4 Å². The smallest absolute Gasteiger partial charge is 0.489 e. The van der Waals surface area contributed by atoms with Gasteiger partial charge in [-0.25, -0.2) is 4.79 Å². The SMILES string of the molecule is CC1CCC(c2ccc(OCc3ccccc3)cc2)NC1.O=C(O)C(F)(F)F. The first-order valence-electron chi connectivity index (χ1n) is 9.06. The third kappa shape index (κ3) is 7.23. The van der Waals surface area contributed by atoms with E-state index in [1.54, 1.807) is 0 Å². The molecule has 4 nitrogen and oxygen atoms in total. The highest BCUT2D eigenvalue weighted by molar-refractivity contribution is 5.73. The molecule has 3 rings (SSSR count). The predicted molar refractivity (Wildman–Crippen MR) is 100 cm³/mol. The average molecular weight is 395 g/mol. The Hall–Kier alpha value is -2.54. The number of alkyl halides is 3. The van der Waals surface area contributed by atoms with Crippen LogP contribution in [0.1, 0.15) is 36.9 Å². The Kier molecular flexibility index (Phi) is 7.87. The molecule has 7 heteroatoms. The number of nitrogens with one attached hydrogen (secondary N) is 1. The number of hydrogen-bond acceptors (Lipinski definition) is 3. The summed E-state index contributed by atoms with van der Waals surface area (Å²) in [6, 6.07) is 19.3. The van der Waals surface area contributed by atoms with Crippen LogP contribution in [-0.4, -0.2) is 23.8 Å². The first-order valence-corrected chi connectivity index (χ1v) is 9.06. The van der Waals surface area contributed by atoms with Crippen LogP contribution in [0.3, 0.4) is 0 Å². The van der Waals surface area contributed by atoms with Crippen LogP contribution in [0.2, 0.25) is 0 Å². The maximum absolute atomic E-state index is 10.6. The van der Waals surface area contributed by atoms with Gasteiger partial charge in [0.25, 0.3) is 0 Å². The van der Waals surface area contributed by atoms with Crippen LogP contribution >= 0.6 is 0 Å². The first kappa shape index (κ1) is 21.8. The molecule has 0 saturated carbocycles. The number of hydrogen-bond donors (Lipinski definition) is 2. The molecule has 0 aromatic heterocycles. The molecular formula is C21H24F3NO3. The quantitative estimate of drug-likeness (QED) is 0.768. The lowest BCUT2D eigenvalue weighted by atomic mass is 9.92. The van der Waals surface area contributed by atoms with Crippen LogP contribution in [0.25, 0.3) is 0 Å². The van der Waals surface area contributed by atoms with E-state index in [2.05, 4.69) is 48.6 Å². The molecule has 152 valence electrons. The number of benzene rings is 2. The molecule has 1 fully saturated rings. The van der Waals surface area contributed by atoms with Crippen LogP contribution in [0, 0.1) is 5.92 Å². The van der Waals surface area contributed by atoms with E-state index >= 15 is 0 Å². The second-order valence-corrected chi connectivity index (χ2v) is 6.79. The Morgan fingerprint density at radius 2 is 1.71 bits per heavy atom. The minimum absolute atomic E-state index is 0.504. The Morgan fingerprint density at radius 3 is 2.21 bits per heavy atom. The van der Waals surface area contributed by atoms with E-state index in [1.165, 1.54) is 24.0 Å². The summed E-state index contributed by atoms with van der Waals surface area (Å²) in [6.07, 6.45) is -2.55. The number of carbonyl (C=O) groups is 1. The summed E-state index contributed by atoms with van der Waals surface area (Å²) < 4.78 is 37.6. The lowest BCUT2D eigenvalue weighted by Crippen LogP contribution is -2.31. The molecular weight excluding hydrogens is 371 g/mol. The normalized spacial score (nSPS) is 19.3. The zero-order chi connectivity index (χ0) is 20.6. The second kappa shape index (κ2) is 10.1. The fraction of sp³-hybridized carbons (Fsp3) is 0.381. The molecule has 0 aliphatic carbocycles. The Bertz CT molecular complexity index is 725. The van der Waals surface area contributed by atoms with Crippen LogP contribution in [-0.2, 0) is 11.4 Å². The largest absolute Gasteiger partial charge is 0.490 e.